The van der Waals surface area contributed by atoms with E-state index in [1.807, 2.05) is 18.2 Å². The molecule has 7 heteroatoms. The van der Waals surface area contributed by atoms with E-state index in [4.69, 9.17) is 16.7 Å². The van der Waals surface area contributed by atoms with Gasteiger partial charge in [-0.15, -0.1) is 12.4 Å². The predicted molar refractivity (Wildman–Crippen MR) is 92.0 cm³/mol. The maximum absolute atomic E-state index is 11.9. The first kappa shape index (κ1) is 19.7. The Labute approximate surface area is 147 Å². The van der Waals surface area contributed by atoms with Crippen molar-refractivity contribution in [1.29, 1.82) is 0 Å². The molecule has 23 heavy (non-hydrogen) atoms. The summed E-state index contributed by atoms with van der Waals surface area (Å²) >= 11 is 6.04. The number of carbonyl (C=O) groups is 2. The number of carboxylic acids is 1. The SMILES string of the molecule is Cl.O=C(CCN1CCC(C(=O)O)CC1)NCc1ccccc1Cl. The normalized spacial score (nSPS) is 15.7. The number of rotatable bonds is 6. The van der Waals surface area contributed by atoms with Crippen LogP contribution in [-0.4, -0.2) is 41.5 Å². The second-order valence-electron chi connectivity index (χ2n) is 5.57. The van der Waals surface area contributed by atoms with Gasteiger partial charge < -0.3 is 15.3 Å². The minimum absolute atomic E-state index is 0. The van der Waals surface area contributed by atoms with E-state index < -0.39 is 5.97 Å². The van der Waals surface area contributed by atoms with Crippen LogP contribution < -0.4 is 5.32 Å². The molecule has 0 radical (unpaired) electrons. The molecule has 1 amide bonds. The number of benzene rings is 1. The number of carbonyl (C=O) groups excluding carboxylic acids is 1. The Morgan fingerprint density at radius 3 is 2.52 bits per heavy atom. The Hall–Kier alpha value is -1.30. The number of amides is 1. The summed E-state index contributed by atoms with van der Waals surface area (Å²) in [4.78, 5) is 24.9. The fraction of sp³-hybridized carbons (Fsp3) is 0.500. The lowest BCUT2D eigenvalue weighted by atomic mass is 9.97. The minimum atomic E-state index is -0.711. The molecule has 1 aliphatic heterocycles. The molecule has 0 bridgehead atoms. The Balaban J connectivity index is 0.00000264. The van der Waals surface area contributed by atoms with Crippen LogP contribution in [0.2, 0.25) is 5.02 Å². The van der Waals surface area contributed by atoms with Crippen molar-refractivity contribution in [2.75, 3.05) is 19.6 Å². The van der Waals surface area contributed by atoms with E-state index in [1.165, 1.54) is 0 Å². The molecule has 1 aromatic carbocycles. The van der Waals surface area contributed by atoms with E-state index in [1.54, 1.807) is 6.07 Å². The Kier molecular flexibility index (Phi) is 8.37. The van der Waals surface area contributed by atoms with Crippen molar-refractivity contribution >= 4 is 35.9 Å². The summed E-state index contributed by atoms with van der Waals surface area (Å²) in [6, 6.07) is 7.43. The van der Waals surface area contributed by atoms with Gasteiger partial charge in [-0.05, 0) is 37.6 Å². The van der Waals surface area contributed by atoms with Crippen molar-refractivity contribution in [3.8, 4) is 0 Å². The summed E-state index contributed by atoms with van der Waals surface area (Å²) < 4.78 is 0. The predicted octanol–water partition coefficient (Wildman–Crippen LogP) is 2.56. The highest BCUT2D eigenvalue weighted by molar-refractivity contribution is 6.31. The van der Waals surface area contributed by atoms with Crippen molar-refractivity contribution in [2.45, 2.75) is 25.8 Å². The fourth-order valence-electron chi connectivity index (χ4n) is 2.59. The topological polar surface area (TPSA) is 69.6 Å². The van der Waals surface area contributed by atoms with Crippen molar-refractivity contribution < 1.29 is 14.7 Å². The molecule has 0 aliphatic carbocycles. The van der Waals surface area contributed by atoms with Gasteiger partial charge in [0.1, 0.15) is 0 Å². The number of hydrogen-bond donors (Lipinski definition) is 2. The number of hydrogen-bond acceptors (Lipinski definition) is 3. The van der Waals surface area contributed by atoms with Crippen LogP contribution >= 0.6 is 24.0 Å². The van der Waals surface area contributed by atoms with E-state index in [0.29, 0.717) is 37.4 Å². The van der Waals surface area contributed by atoms with E-state index in [0.717, 1.165) is 18.7 Å². The molecule has 2 N–H and O–H groups in total. The van der Waals surface area contributed by atoms with Crippen LogP contribution in [0.15, 0.2) is 24.3 Å². The third-order valence-electron chi connectivity index (χ3n) is 4.03. The number of piperidine rings is 1. The quantitative estimate of drug-likeness (QED) is 0.817. The second-order valence-corrected chi connectivity index (χ2v) is 5.98. The van der Waals surface area contributed by atoms with Gasteiger partial charge >= 0.3 is 5.97 Å². The molecule has 0 aromatic heterocycles. The molecule has 2 rings (SSSR count). The standard InChI is InChI=1S/C16H21ClN2O3.ClH/c17-14-4-2-1-3-13(14)11-18-15(20)7-10-19-8-5-12(6-9-19)16(21)22;/h1-4,12H,5-11H2,(H,18,20)(H,21,22);1H. The fourth-order valence-corrected chi connectivity index (χ4v) is 2.79. The average molecular weight is 361 g/mol. The number of aliphatic carboxylic acids is 1. The molecule has 1 heterocycles. The summed E-state index contributed by atoms with van der Waals surface area (Å²) in [5.41, 5.74) is 0.903. The maximum atomic E-state index is 11.9. The first-order valence-corrected chi connectivity index (χ1v) is 7.89. The zero-order chi connectivity index (χ0) is 15.9. The third kappa shape index (κ3) is 6.37. The molecule has 0 atom stereocenters. The van der Waals surface area contributed by atoms with Crippen LogP contribution in [0, 0.1) is 5.92 Å². The molecular weight excluding hydrogens is 339 g/mol. The van der Waals surface area contributed by atoms with Gasteiger partial charge in [0, 0.05) is 24.5 Å². The van der Waals surface area contributed by atoms with Crippen LogP contribution in [-0.2, 0) is 16.1 Å². The zero-order valence-electron chi connectivity index (χ0n) is 12.8. The van der Waals surface area contributed by atoms with Gasteiger partial charge in [-0.2, -0.15) is 0 Å². The largest absolute Gasteiger partial charge is 0.481 e. The highest BCUT2D eigenvalue weighted by Crippen LogP contribution is 2.17. The highest BCUT2D eigenvalue weighted by Gasteiger charge is 2.24. The van der Waals surface area contributed by atoms with Crippen molar-refractivity contribution in [1.82, 2.24) is 10.2 Å². The number of likely N-dealkylation sites (tertiary alicyclic amines) is 1. The lowest BCUT2D eigenvalue weighted by molar-refractivity contribution is -0.143. The molecule has 5 nitrogen and oxygen atoms in total. The number of halogens is 2. The van der Waals surface area contributed by atoms with Gasteiger partial charge in [-0.25, -0.2) is 0 Å². The summed E-state index contributed by atoms with van der Waals surface area (Å²) in [5.74, 6) is -0.956. The molecule has 1 aliphatic rings. The molecule has 0 spiro atoms. The second kappa shape index (κ2) is 9.75. The summed E-state index contributed by atoms with van der Waals surface area (Å²) in [7, 11) is 0. The third-order valence-corrected chi connectivity index (χ3v) is 4.39. The Bertz CT molecular complexity index is 532. The van der Waals surface area contributed by atoms with Crippen molar-refractivity contribution in [3.05, 3.63) is 34.9 Å². The van der Waals surface area contributed by atoms with Gasteiger partial charge in [-0.3, -0.25) is 9.59 Å². The average Bonchev–Trinajstić information content (AvgIpc) is 2.52. The lowest BCUT2D eigenvalue weighted by Crippen LogP contribution is -2.38. The highest BCUT2D eigenvalue weighted by atomic mass is 35.5. The summed E-state index contributed by atoms with van der Waals surface area (Å²) in [6.45, 7) is 2.59. The number of carboxylic acid groups (broad SMARTS) is 1. The monoisotopic (exact) mass is 360 g/mol. The summed E-state index contributed by atoms with van der Waals surface area (Å²) in [5, 5.41) is 12.5. The molecule has 0 unspecified atom stereocenters. The van der Waals surface area contributed by atoms with E-state index in [-0.39, 0.29) is 24.2 Å². The lowest BCUT2D eigenvalue weighted by Gasteiger charge is -2.29. The van der Waals surface area contributed by atoms with Crippen molar-refractivity contribution in [3.63, 3.8) is 0 Å². The zero-order valence-corrected chi connectivity index (χ0v) is 14.4. The van der Waals surface area contributed by atoms with E-state index in [2.05, 4.69) is 10.2 Å². The van der Waals surface area contributed by atoms with Gasteiger partial charge in [0.2, 0.25) is 5.91 Å². The van der Waals surface area contributed by atoms with Crippen LogP contribution in [0.1, 0.15) is 24.8 Å². The van der Waals surface area contributed by atoms with Gasteiger partial charge in [0.25, 0.3) is 0 Å². The minimum Gasteiger partial charge on any atom is -0.481 e. The van der Waals surface area contributed by atoms with Gasteiger partial charge in [-0.1, -0.05) is 29.8 Å². The van der Waals surface area contributed by atoms with Gasteiger partial charge in [0.15, 0.2) is 0 Å². The first-order chi connectivity index (χ1) is 10.6. The van der Waals surface area contributed by atoms with Crippen LogP contribution in [0.4, 0.5) is 0 Å². The molecule has 1 aromatic rings. The number of nitrogens with zero attached hydrogens (tertiary/aromatic N) is 1. The van der Waals surface area contributed by atoms with Gasteiger partial charge in [0.05, 0.1) is 5.92 Å². The van der Waals surface area contributed by atoms with Crippen LogP contribution in [0.25, 0.3) is 0 Å². The molecular formula is C16H22Cl2N2O3. The Morgan fingerprint density at radius 2 is 1.91 bits per heavy atom. The van der Waals surface area contributed by atoms with Crippen molar-refractivity contribution in [2.24, 2.45) is 5.92 Å². The van der Waals surface area contributed by atoms with E-state index in [9.17, 15) is 9.59 Å². The molecule has 128 valence electrons. The first-order valence-electron chi connectivity index (χ1n) is 7.51. The molecule has 1 fully saturated rings. The van der Waals surface area contributed by atoms with Crippen LogP contribution in [0.5, 0.6) is 0 Å². The maximum Gasteiger partial charge on any atom is 0.306 e. The Morgan fingerprint density at radius 1 is 1.26 bits per heavy atom. The molecule has 0 saturated carbocycles. The summed E-state index contributed by atoms with van der Waals surface area (Å²) in [6.07, 6.45) is 1.75. The smallest absolute Gasteiger partial charge is 0.306 e. The van der Waals surface area contributed by atoms with E-state index >= 15 is 0 Å². The number of nitrogens with one attached hydrogen (secondary N) is 1. The molecule has 1 saturated heterocycles. The van der Waals surface area contributed by atoms with Crippen LogP contribution in [0.3, 0.4) is 0 Å².